The Morgan fingerprint density at radius 2 is 2.33 bits per heavy atom. The topological polar surface area (TPSA) is 50.4 Å². The van der Waals surface area contributed by atoms with Crippen LogP contribution in [0.4, 0.5) is 0 Å². The Kier molecular flexibility index (Phi) is 1.82. The van der Waals surface area contributed by atoms with E-state index < -0.39 is 0 Å². The minimum Gasteiger partial charge on any atom is -0.392 e. The monoisotopic (exact) mass is 227 g/mol. The van der Waals surface area contributed by atoms with Crippen molar-refractivity contribution in [2.75, 3.05) is 0 Å². The first-order chi connectivity index (χ1) is 5.81. The van der Waals surface area contributed by atoms with E-state index in [4.69, 9.17) is 5.11 Å². The molecule has 1 N–H and O–H groups in total. The van der Waals surface area contributed by atoms with Crippen molar-refractivity contribution in [1.29, 1.82) is 0 Å². The molecule has 0 aliphatic carbocycles. The summed E-state index contributed by atoms with van der Waals surface area (Å²) in [7, 11) is 0. The Morgan fingerprint density at radius 1 is 1.50 bits per heavy atom. The number of aliphatic hydroxyl groups is 1. The van der Waals surface area contributed by atoms with Gasteiger partial charge in [-0.1, -0.05) is 0 Å². The average Bonchev–Trinajstić information content (AvgIpc) is 2.47. The molecule has 12 heavy (non-hydrogen) atoms. The molecule has 0 aromatic carbocycles. The summed E-state index contributed by atoms with van der Waals surface area (Å²) in [6, 6.07) is 0. The third-order valence-corrected chi connectivity index (χ3v) is 2.11. The lowest BCUT2D eigenvalue weighted by Crippen LogP contribution is -1.93. The molecule has 0 radical (unpaired) electrons. The van der Waals surface area contributed by atoms with Gasteiger partial charge in [-0.25, -0.2) is 9.50 Å². The fourth-order valence-corrected chi connectivity index (χ4v) is 1.34. The van der Waals surface area contributed by atoms with Gasteiger partial charge in [-0.15, -0.1) is 0 Å². The molecule has 0 saturated heterocycles. The maximum atomic E-state index is 8.81. The largest absolute Gasteiger partial charge is 0.392 e. The fourth-order valence-electron chi connectivity index (χ4n) is 0.966. The van der Waals surface area contributed by atoms with E-state index in [2.05, 4.69) is 26.0 Å². The van der Waals surface area contributed by atoms with Crippen LogP contribution in [0.5, 0.6) is 0 Å². The molecule has 0 fully saturated rings. The Bertz CT molecular complexity index is 412. The number of nitrogens with zero attached hydrogens (tertiary/aromatic N) is 3. The molecule has 2 aromatic rings. The third-order valence-electron chi connectivity index (χ3n) is 1.55. The molecule has 2 rings (SSSR count). The molecule has 2 aromatic heterocycles. The second-order valence-corrected chi connectivity index (χ2v) is 3.24. The Balaban J connectivity index is 2.69. The molecule has 4 nitrogen and oxygen atoms in total. The van der Waals surface area contributed by atoms with Gasteiger partial charge >= 0.3 is 0 Å². The lowest BCUT2D eigenvalue weighted by atomic mass is 10.4. The van der Waals surface area contributed by atoms with Crippen LogP contribution < -0.4 is 0 Å². The second-order valence-electron chi connectivity index (χ2n) is 2.38. The second kappa shape index (κ2) is 2.84. The molecule has 0 unspecified atom stereocenters. The number of rotatable bonds is 1. The summed E-state index contributed by atoms with van der Waals surface area (Å²) >= 11 is 3.30. The Morgan fingerprint density at radius 3 is 3.08 bits per heavy atom. The molecule has 2 heterocycles. The highest BCUT2D eigenvalue weighted by Crippen LogP contribution is 2.14. The quantitative estimate of drug-likeness (QED) is 0.791. The van der Waals surface area contributed by atoms with E-state index in [1.807, 2.05) is 0 Å². The predicted octanol–water partition coefficient (Wildman–Crippen LogP) is 0.984. The Hall–Kier alpha value is -0.940. The molecular weight excluding hydrogens is 222 g/mol. The van der Waals surface area contributed by atoms with Crippen LogP contribution in [-0.4, -0.2) is 19.7 Å². The van der Waals surface area contributed by atoms with Gasteiger partial charge in [0.1, 0.15) is 0 Å². The van der Waals surface area contributed by atoms with Gasteiger partial charge in [0.05, 0.1) is 17.3 Å². The normalized spacial score (nSPS) is 10.8. The van der Waals surface area contributed by atoms with Crippen molar-refractivity contribution in [1.82, 2.24) is 14.6 Å². The average molecular weight is 228 g/mol. The van der Waals surface area contributed by atoms with Crippen LogP contribution in [0.1, 0.15) is 5.56 Å². The molecule has 0 atom stereocenters. The first-order valence-electron chi connectivity index (χ1n) is 3.40. The molecule has 62 valence electrons. The maximum absolute atomic E-state index is 8.81. The summed E-state index contributed by atoms with van der Waals surface area (Å²) < 4.78 is 2.47. The van der Waals surface area contributed by atoms with E-state index in [1.54, 1.807) is 23.1 Å². The summed E-state index contributed by atoms with van der Waals surface area (Å²) in [5, 5.41) is 12.8. The summed E-state index contributed by atoms with van der Waals surface area (Å²) in [6.45, 7) is -0.0135. The number of fused-ring (bicyclic) bond motifs is 1. The molecule has 0 aliphatic heterocycles. The predicted molar refractivity (Wildman–Crippen MR) is 46.6 cm³/mol. The zero-order chi connectivity index (χ0) is 8.55. The van der Waals surface area contributed by atoms with Crippen LogP contribution in [0.2, 0.25) is 0 Å². The van der Waals surface area contributed by atoms with E-state index in [9.17, 15) is 0 Å². The van der Waals surface area contributed by atoms with E-state index in [1.165, 1.54) is 0 Å². The van der Waals surface area contributed by atoms with Crippen LogP contribution in [-0.2, 0) is 6.61 Å². The molecule has 5 heteroatoms. The van der Waals surface area contributed by atoms with Crippen LogP contribution >= 0.6 is 15.9 Å². The van der Waals surface area contributed by atoms with Gasteiger partial charge in [0.25, 0.3) is 0 Å². The van der Waals surface area contributed by atoms with Gasteiger partial charge in [0, 0.05) is 18.0 Å². The molecule has 0 aliphatic rings. The van der Waals surface area contributed by atoms with Crippen molar-refractivity contribution in [2.45, 2.75) is 6.61 Å². The van der Waals surface area contributed by atoms with Crippen LogP contribution in [0.25, 0.3) is 5.65 Å². The summed E-state index contributed by atoms with van der Waals surface area (Å²) in [5.41, 5.74) is 1.50. The van der Waals surface area contributed by atoms with Crippen molar-refractivity contribution >= 4 is 21.6 Å². The summed E-state index contributed by atoms with van der Waals surface area (Å²) in [5.74, 6) is 0. The molecule has 0 saturated carbocycles. The summed E-state index contributed by atoms with van der Waals surface area (Å²) in [4.78, 5) is 4.11. The number of halogens is 1. The van der Waals surface area contributed by atoms with Gasteiger partial charge in [0.2, 0.25) is 0 Å². The molecular formula is C7H6BrN3O. The van der Waals surface area contributed by atoms with Crippen molar-refractivity contribution in [3.63, 3.8) is 0 Å². The van der Waals surface area contributed by atoms with Gasteiger partial charge in [0.15, 0.2) is 5.65 Å². The minimum atomic E-state index is -0.0135. The summed E-state index contributed by atoms with van der Waals surface area (Å²) in [6.07, 6.45) is 5.04. The molecule has 0 bridgehead atoms. The highest BCUT2D eigenvalue weighted by Gasteiger charge is 2.01. The van der Waals surface area contributed by atoms with Crippen molar-refractivity contribution in [3.05, 3.63) is 28.6 Å². The standard InChI is InChI=1S/C7H6BrN3O/c8-6-2-10-11-3-5(4-12)1-9-7(6)11/h1-3,12H,4H2. The highest BCUT2D eigenvalue weighted by atomic mass is 79.9. The lowest BCUT2D eigenvalue weighted by molar-refractivity contribution is 0.280. The van der Waals surface area contributed by atoms with Gasteiger partial charge in [-0.05, 0) is 15.9 Å². The number of aromatic nitrogens is 3. The van der Waals surface area contributed by atoms with Gasteiger partial charge < -0.3 is 5.11 Å². The van der Waals surface area contributed by atoms with E-state index >= 15 is 0 Å². The number of aliphatic hydroxyl groups excluding tert-OH is 1. The van der Waals surface area contributed by atoms with Gasteiger partial charge in [-0.2, -0.15) is 5.10 Å². The van der Waals surface area contributed by atoms with Gasteiger partial charge in [-0.3, -0.25) is 0 Å². The van der Waals surface area contributed by atoms with Crippen molar-refractivity contribution in [2.24, 2.45) is 0 Å². The maximum Gasteiger partial charge on any atom is 0.169 e. The highest BCUT2D eigenvalue weighted by molar-refractivity contribution is 9.10. The zero-order valence-corrected chi connectivity index (χ0v) is 7.69. The Labute approximate surface area is 77.0 Å². The van der Waals surface area contributed by atoms with E-state index in [-0.39, 0.29) is 6.61 Å². The molecule has 0 spiro atoms. The minimum absolute atomic E-state index is 0.0135. The van der Waals surface area contributed by atoms with Crippen LogP contribution in [0.3, 0.4) is 0 Å². The first kappa shape index (κ1) is 7.70. The van der Waals surface area contributed by atoms with Crippen molar-refractivity contribution < 1.29 is 5.11 Å². The SMILES string of the molecule is OCc1cnc2c(Br)cnn2c1. The van der Waals surface area contributed by atoms with Crippen LogP contribution in [0.15, 0.2) is 23.1 Å². The smallest absolute Gasteiger partial charge is 0.169 e. The zero-order valence-electron chi connectivity index (χ0n) is 6.11. The molecule has 0 amide bonds. The first-order valence-corrected chi connectivity index (χ1v) is 4.19. The van der Waals surface area contributed by atoms with E-state index in [0.717, 1.165) is 15.7 Å². The van der Waals surface area contributed by atoms with Crippen LogP contribution in [0, 0.1) is 0 Å². The van der Waals surface area contributed by atoms with Crippen molar-refractivity contribution in [3.8, 4) is 0 Å². The lowest BCUT2D eigenvalue weighted by Gasteiger charge is -1.95. The third kappa shape index (κ3) is 1.11. The number of hydrogen-bond acceptors (Lipinski definition) is 3. The fraction of sp³-hybridized carbons (Fsp3) is 0.143. The number of hydrogen-bond donors (Lipinski definition) is 1. The van der Waals surface area contributed by atoms with E-state index in [0.29, 0.717) is 0 Å².